The average molecular weight is 313 g/mol. The fourth-order valence-electron chi connectivity index (χ4n) is 2.16. The lowest BCUT2D eigenvalue weighted by atomic mass is 9.93. The molecule has 0 radical (unpaired) electrons. The van der Waals surface area contributed by atoms with Gasteiger partial charge in [-0.1, -0.05) is 18.2 Å². The number of carbonyl (C=O) groups excluding carboxylic acids is 1. The van der Waals surface area contributed by atoms with Gasteiger partial charge in [-0.05, 0) is 40.5 Å². The number of primary amides is 1. The van der Waals surface area contributed by atoms with Crippen molar-refractivity contribution in [2.45, 2.75) is 63.7 Å². The number of aryl methyl sites for hydroxylation is 1. The van der Waals surface area contributed by atoms with Gasteiger partial charge in [0.1, 0.15) is 5.82 Å². The monoisotopic (exact) mass is 313 g/mol. The van der Waals surface area contributed by atoms with Gasteiger partial charge in [0.05, 0.1) is 5.54 Å². The van der Waals surface area contributed by atoms with Crippen molar-refractivity contribution in [2.75, 3.05) is 5.75 Å². The number of hydrogen-bond acceptors (Lipinski definition) is 5. The van der Waals surface area contributed by atoms with Gasteiger partial charge in [-0.15, -0.1) is 10.2 Å². The normalized spacial score (nSPS) is 14.4. The summed E-state index contributed by atoms with van der Waals surface area (Å²) in [6, 6.07) is 0.235. The van der Waals surface area contributed by atoms with Gasteiger partial charge in [-0.25, -0.2) is 0 Å². The number of carbonyl (C=O) groups is 1. The Kier molecular flexibility index (Phi) is 6.67. The highest BCUT2D eigenvalue weighted by atomic mass is 32.2. The molecule has 1 atom stereocenters. The third-order valence-electron chi connectivity index (χ3n) is 3.51. The summed E-state index contributed by atoms with van der Waals surface area (Å²) in [7, 11) is 1.97. The summed E-state index contributed by atoms with van der Waals surface area (Å²) in [4.78, 5) is 11.6. The molecule has 21 heavy (non-hydrogen) atoms. The van der Waals surface area contributed by atoms with Crippen LogP contribution in [0.3, 0.4) is 0 Å². The lowest BCUT2D eigenvalue weighted by Gasteiger charge is -2.29. The van der Waals surface area contributed by atoms with Gasteiger partial charge in [0.25, 0.3) is 0 Å². The average Bonchev–Trinajstić information content (AvgIpc) is 2.69. The largest absolute Gasteiger partial charge is 0.368 e. The van der Waals surface area contributed by atoms with Crippen molar-refractivity contribution in [3.8, 4) is 0 Å². The number of hydrogen-bond donors (Lipinski definition) is 2. The molecule has 0 bridgehead atoms. The Morgan fingerprint density at radius 1 is 1.43 bits per heavy atom. The molecule has 0 aromatic carbocycles. The Morgan fingerprint density at radius 2 is 2.10 bits per heavy atom. The number of nitrogens with zero attached hydrogens (tertiary/aromatic N) is 3. The zero-order valence-electron chi connectivity index (χ0n) is 13.6. The van der Waals surface area contributed by atoms with Gasteiger partial charge in [-0.3, -0.25) is 4.79 Å². The summed E-state index contributed by atoms with van der Waals surface area (Å²) in [5.41, 5.74) is 4.89. The van der Waals surface area contributed by atoms with Gasteiger partial charge in [0, 0.05) is 18.8 Å². The Morgan fingerprint density at radius 3 is 2.57 bits per heavy atom. The van der Waals surface area contributed by atoms with Crippen molar-refractivity contribution >= 4 is 17.7 Å². The molecule has 0 saturated carbocycles. The lowest BCUT2D eigenvalue weighted by molar-refractivity contribution is -0.124. The van der Waals surface area contributed by atoms with Gasteiger partial charge in [0.15, 0.2) is 5.16 Å². The summed E-state index contributed by atoms with van der Waals surface area (Å²) in [5.74, 6) is 1.59. The van der Waals surface area contributed by atoms with Crippen LogP contribution in [0, 0.1) is 6.92 Å². The molecular weight excluding hydrogens is 286 g/mol. The molecule has 120 valence electrons. The Balaban J connectivity index is 2.35. The van der Waals surface area contributed by atoms with Crippen LogP contribution in [0.15, 0.2) is 5.16 Å². The van der Waals surface area contributed by atoms with Crippen molar-refractivity contribution < 1.29 is 4.79 Å². The number of thioether (sulfide) groups is 1. The summed E-state index contributed by atoms with van der Waals surface area (Å²) >= 11 is 1.69. The van der Waals surface area contributed by atoms with Crippen LogP contribution in [0.5, 0.6) is 0 Å². The first-order valence-electron chi connectivity index (χ1n) is 7.32. The van der Waals surface area contributed by atoms with Crippen LogP contribution in [0.4, 0.5) is 0 Å². The number of nitrogens with one attached hydrogen (secondary N) is 1. The fraction of sp³-hybridized carbons (Fsp3) is 0.786. The topological polar surface area (TPSA) is 85.8 Å². The maximum absolute atomic E-state index is 11.6. The van der Waals surface area contributed by atoms with Gasteiger partial charge < -0.3 is 15.6 Å². The van der Waals surface area contributed by atoms with Gasteiger partial charge in [0.2, 0.25) is 5.91 Å². The Labute approximate surface area is 131 Å². The van der Waals surface area contributed by atoms with Crippen LogP contribution in [0.1, 0.15) is 45.9 Å². The SMILES string of the molecule is Cc1nnc(SCCCCC(C)(NC(C)C)C(N)=O)n1C. The lowest BCUT2D eigenvalue weighted by Crippen LogP contribution is -2.55. The maximum Gasteiger partial charge on any atom is 0.237 e. The second-order valence-electron chi connectivity index (χ2n) is 5.89. The third kappa shape index (κ3) is 5.32. The van der Waals surface area contributed by atoms with E-state index >= 15 is 0 Å². The number of rotatable bonds is 9. The van der Waals surface area contributed by atoms with E-state index in [-0.39, 0.29) is 11.9 Å². The standard InChI is InChI=1S/C14H27N5OS/c1-10(2)16-14(4,12(15)20)8-6-7-9-21-13-18-17-11(3)19(13)5/h10,16H,6-9H2,1-5H3,(H2,15,20). The van der Waals surface area contributed by atoms with Crippen LogP contribution in [0.2, 0.25) is 0 Å². The molecule has 1 amide bonds. The molecule has 1 heterocycles. The molecule has 1 rings (SSSR count). The highest BCUT2D eigenvalue weighted by molar-refractivity contribution is 7.99. The first-order valence-corrected chi connectivity index (χ1v) is 8.31. The number of amides is 1. The second-order valence-corrected chi connectivity index (χ2v) is 6.95. The van der Waals surface area contributed by atoms with E-state index in [2.05, 4.69) is 15.5 Å². The zero-order valence-corrected chi connectivity index (χ0v) is 14.5. The van der Waals surface area contributed by atoms with Gasteiger partial charge >= 0.3 is 0 Å². The van der Waals surface area contributed by atoms with E-state index in [0.717, 1.165) is 36.0 Å². The summed E-state index contributed by atoms with van der Waals surface area (Å²) < 4.78 is 1.98. The van der Waals surface area contributed by atoms with E-state index in [9.17, 15) is 4.79 Å². The minimum Gasteiger partial charge on any atom is -0.368 e. The van der Waals surface area contributed by atoms with E-state index in [1.54, 1.807) is 11.8 Å². The molecule has 1 unspecified atom stereocenters. The zero-order chi connectivity index (χ0) is 16.0. The van der Waals surface area contributed by atoms with Crippen molar-refractivity contribution in [3.63, 3.8) is 0 Å². The first kappa shape index (κ1) is 18.0. The smallest absolute Gasteiger partial charge is 0.237 e. The van der Waals surface area contributed by atoms with Crippen LogP contribution in [0.25, 0.3) is 0 Å². The predicted octanol–water partition coefficient (Wildman–Crippen LogP) is 1.63. The van der Waals surface area contributed by atoms with E-state index in [1.165, 1.54) is 0 Å². The Hall–Kier alpha value is -1.08. The molecule has 1 aromatic rings. The number of unbranched alkanes of at least 4 members (excludes halogenated alkanes) is 1. The minimum atomic E-state index is -0.625. The van der Waals surface area contributed by atoms with Crippen molar-refractivity contribution in [2.24, 2.45) is 12.8 Å². The molecule has 0 spiro atoms. The molecule has 0 aliphatic rings. The Bertz CT molecular complexity index is 474. The summed E-state index contributed by atoms with van der Waals surface area (Å²) in [6.45, 7) is 7.86. The quantitative estimate of drug-likeness (QED) is 0.534. The van der Waals surface area contributed by atoms with E-state index in [0.29, 0.717) is 0 Å². The minimum absolute atomic E-state index is 0.235. The van der Waals surface area contributed by atoms with Crippen LogP contribution in [-0.2, 0) is 11.8 Å². The van der Waals surface area contributed by atoms with Crippen molar-refractivity contribution in [3.05, 3.63) is 5.82 Å². The molecule has 1 aromatic heterocycles. The van der Waals surface area contributed by atoms with Gasteiger partial charge in [-0.2, -0.15) is 0 Å². The van der Waals surface area contributed by atoms with E-state index < -0.39 is 5.54 Å². The predicted molar refractivity (Wildman–Crippen MR) is 86.2 cm³/mol. The number of nitrogens with two attached hydrogens (primary N) is 1. The number of aromatic nitrogens is 3. The molecule has 7 heteroatoms. The molecular formula is C14H27N5OS. The van der Waals surface area contributed by atoms with Crippen LogP contribution < -0.4 is 11.1 Å². The van der Waals surface area contributed by atoms with Crippen molar-refractivity contribution in [1.29, 1.82) is 0 Å². The van der Waals surface area contributed by atoms with Crippen molar-refractivity contribution in [1.82, 2.24) is 20.1 Å². The highest BCUT2D eigenvalue weighted by Gasteiger charge is 2.30. The molecule has 0 aliphatic heterocycles. The van der Waals surface area contributed by atoms with E-state index in [4.69, 9.17) is 5.73 Å². The summed E-state index contributed by atoms with van der Waals surface area (Å²) in [6.07, 6.45) is 2.71. The first-order chi connectivity index (χ1) is 9.76. The second kappa shape index (κ2) is 7.79. The maximum atomic E-state index is 11.6. The molecule has 0 aliphatic carbocycles. The fourth-order valence-corrected chi connectivity index (χ4v) is 3.12. The third-order valence-corrected chi connectivity index (χ3v) is 4.61. The molecule has 6 nitrogen and oxygen atoms in total. The molecule has 0 fully saturated rings. The van der Waals surface area contributed by atoms with Crippen LogP contribution >= 0.6 is 11.8 Å². The molecule has 0 saturated heterocycles. The summed E-state index contributed by atoms with van der Waals surface area (Å²) in [5, 5.41) is 12.4. The van der Waals surface area contributed by atoms with E-state index in [1.807, 2.05) is 39.3 Å². The highest BCUT2D eigenvalue weighted by Crippen LogP contribution is 2.20. The molecule has 3 N–H and O–H groups in total. The van der Waals surface area contributed by atoms with Crippen LogP contribution in [-0.4, -0.2) is 38.0 Å².